The van der Waals surface area contributed by atoms with E-state index in [0.29, 0.717) is 16.7 Å². The van der Waals surface area contributed by atoms with Crippen LogP contribution in [0.25, 0.3) is 10.9 Å². The quantitative estimate of drug-likeness (QED) is 0.889. The SMILES string of the molecule is COc1ccc2cc(C(CN)C(F)(F)F)[nH]c2c1. The number of aromatic amines is 1. The zero-order chi connectivity index (χ0) is 13.3. The van der Waals surface area contributed by atoms with Crippen molar-refractivity contribution in [3.05, 3.63) is 30.0 Å². The molecule has 0 aliphatic rings. The minimum absolute atomic E-state index is 0.0771. The average molecular weight is 258 g/mol. The largest absolute Gasteiger partial charge is 0.497 e. The van der Waals surface area contributed by atoms with Crippen LogP contribution in [-0.4, -0.2) is 24.8 Å². The van der Waals surface area contributed by atoms with E-state index in [9.17, 15) is 13.2 Å². The second kappa shape index (κ2) is 4.53. The maximum absolute atomic E-state index is 12.8. The molecule has 0 radical (unpaired) electrons. The van der Waals surface area contributed by atoms with E-state index in [1.165, 1.54) is 13.2 Å². The van der Waals surface area contributed by atoms with Crippen LogP contribution in [0.1, 0.15) is 11.6 Å². The molecule has 1 aromatic heterocycles. The van der Waals surface area contributed by atoms with Crippen molar-refractivity contribution in [3.63, 3.8) is 0 Å². The first-order valence-electron chi connectivity index (χ1n) is 5.39. The number of alkyl halides is 3. The van der Waals surface area contributed by atoms with E-state index in [2.05, 4.69) is 4.98 Å². The number of rotatable bonds is 3. The van der Waals surface area contributed by atoms with E-state index >= 15 is 0 Å². The first-order chi connectivity index (χ1) is 8.45. The first-order valence-corrected chi connectivity index (χ1v) is 5.39. The second-order valence-corrected chi connectivity index (χ2v) is 4.01. The van der Waals surface area contributed by atoms with Crippen LogP contribution in [-0.2, 0) is 0 Å². The number of aromatic nitrogens is 1. The zero-order valence-electron chi connectivity index (χ0n) is 9.71. The highest BCUT2D eigenvalue weighted by molar-refractivity contribution is 5.82. The molecule has 3 nitrogen and oxygen atoms in total. The molecule has 6 heteroatoms. The molecule has 0 bridgehead atoms. The number of fused-ring (bicyclic) bond motifs is 1. The number of nitrogens with two attached hydrogens (primary N) is 1. The molecule has 98 valence electrons. The number of hydrogen-bond donors (Lipinski definition) is 2. The van der Waals surface area contributed by atoms with Gasteiger partial charge in [-0.05, 0) is 23.6 Å². The molecule has 1 heterocycles. The molecular weight excluding hydrogens is 245 g/mol. The topological polar surface area (TPSA) is 51.0 Å². The summed E-state index contributed by atoms with van der Waals surface area (Å²) in [5.41, 5.74) is 5.88. The number of H-pyrrole nitrogens is 1. The molecular formula is C12H13F3N2O. The van der Waals surface area contributed by atoms with Gasteiger partial charge in [0.15, 0.2) is 0 Å². The molecule has 1 atom stereocenters. The van der Waals surface area contributed by atoms with Gasteiger partial charge in [-0.2, -0.15) is 13.2 Å². The van der Waals surface area contributed by atoms with Crippen LogP contribution in [0.3, 0.4) is 0 Å². The summed E-state index contributed by atoms with van der Waals surface area (Å²) < 4.78 is 43.3. The first kappa shape index (κ1) is 12.8. The van der Waals surface area contributed by atoms with Crippen molar-refractivity contribution in [2.75, 3.05) is 13.7 Å². The normalized spacial score (nSPS) is 13.8. The molecule has 1 aromatic carbocycles. The summed E-state index contributed by atoms with van der Waals surface area (Å²) in [6.07, 6.45) is -4.35. The van der Waals surface area contributed by atoms with Gasteiger partial charge in [0.25, 0.3) is 0 Å². The Morgan fingerprint density at radius 2 is 2.06 bits per heavy atom. The van der Waals surface area contributed by atoms with Crippen molar-refractivity contribution in [2.45, 2.75) is 12.1 Å². The molecule has 0 saturated carbocycles. The van der Waals surface area contributed by atoms with Gasteiger partial charge in [-0.15, -0.1) is 0 Å². The Bertz CT molecular complexity index is 548. The van der Waals surface area contributed by atoms with Crippen LogP contribution in [0.4, 0.5) is 13.2 Å². The molecule has 18 heavy (non-hydrogen) atoms. The number of ether oxygens (including phenoxy) is 1. The Balaban J connectivity index is 2.46. The van der Waals surface area contributed by atoms with Gasteiger partial charge in [0, 0.05) is 23.8 Å². The summed E-state index contributed by atoms with van der Waals surface area (Å²) in [6, 6.07) is 6.53. The highest BCUT2D eigenvalue weighted by Gasteiger charge is 2.40. The molecule has 1 unspecified atom stereocenters. The molecule has 0 amide bonds. The van der Waals surface area contributed by atoms with Gasteiger partial charge >= 0.3 is 6.18 Å². The molecule has 3 N–H and O–H groups in total. The Morgan fingerprint density at radius 3 is 2.61 bits per heavy atom. The lowest BCUT2D eigenvalue weighted by molar-refractivity contribution is -0.148. The summed E-state index contributed by atoms with van der Waals surface area (Å²) >= 11 is 0. The third-order valence-corrected chi connectivity index (χ3v) is 2.86. The third kappa shape index (κ3) is 2.28. The summed E-state index contributed by atoms with van der Waals surface area (Å²) in [6.45, 7) is -0.479. The number of methoxy groups -OCH3 is 1. The maximum atomic E-state index is 12.8. The monoisotopic (exact) mass is 258 g/mol. The predicted octanol–water partition coefficient (Wildman–Crippen LogP) is 2.78. The Labute approximate surface area is 102 Å². The van der Waals surface area contributed by atoms with Gasteiger partial charge in [-0.3, -0.25) is 0 Å². The predicted molar refractivity (Wildman–Crippen MR) is 62.7 cm³/mol. The summed E-state index contributed by atoms with van der Waals surface area (Å²) in [5.74, 6) is -1.08. The Kier molecular flexibility index (Phi) is 3.21. The number of nitrogens with one attached hydrogen (secondary N) is 1. The van der Waals surface area contributed by atoms with Gasteiger partial charge < -0.3 is 15.5 Å². The second-order valence-electron chi connectivity index (χ2n) is 4.01. The van der Waals surface area contributed by atoms with Crippen molar-refractivity contribution >= 4 is 10.9 Å². The molecule has 0 spiro atoms. The van der Waals surface area contributed by atoms with Crippen LogP contribution in [0.5, 0.6) is 5.75 Å². The third-order valence-electron chi connectivity index (χ3n) is 2.86. The van der Waals surface area contributed by atoms with Crippen LogP contribution < -0.4 is 10.5 Å². The lowest BCUT2D eigenvalue weighted by Crippen LogP contribution is -2.28. The average Bonchev–Trinajstić information content (AvgIpc) is 2.69. The van der Waals surface area contributed by atoms with Gasteiger partial charge in [0.05, 0.1) is 7.11 Å². The number of halogens is 3. The molecule has 0 aliphatic heterocycles. The standard InChI is InChI=1S/C12H13F3N2O/c1-18-8-3-2-7-4-11(17-10(7)5-8)9(6-16)12(13,14)15/h2-5,9,17H,6,16H2,1H3. The lowest BCUT2D eigenvalue weighted by Gasteiger charge is -2.16. The highest BCUT2D eigenvalue weighted by Crippen LogP contribution is 2.35. The van der Waals surface area contributed by atoms with Crippen molar-refractivity contribution in [3.8, 4) is 5.75 Å². The van der Waals surface area contributed by atoms with Gasteiger partial charge in [-0.1, -0.05) is 0 Å². The molecule has 0 fully saturated rings. The molecule has 2 rings (SSSR count). The van der Waals surface area contributed by atoms with Crippen molar-refractivity contribution < 1.29 is 17.9 Å². The summed E-state index contributed by atoms with van der Waals surface area (Å²) in [7, 11) is 1.50. The minimum Gasteiger partial charge on any atom is -0.497 e. The molecule has 0 aliphatic carbocycles. The van der Waals surface area contributed by atoms with E-state index in [-0.39, 0.29) is 5.69 Å². The van der Waals surface area contributed by atoms with Crippen LogP contribution in [0.15, 0.2) is 24.3 Å². The summed E-state index contributed by atoms with van der Waals surface area (Å²) in [5, 5.41) is 0.702. The van der Waals surface area contributed by atoms with Crippen LogP contribution >= 0.6 is 0 Å². The van der Waals surface area contributed by atoms with Gasteiger partial charge in [0.2, 0.25) is 0 Å². The van der Waals surface area contributed by atoms with Crippen LogP contribution in [0, 0.1) is 0 Å². The summed E-state index contributed by atoms with van der Waals surface area (Å²) in [4.78, 5) is 2.75. The molecule has 2 aromatic rings. The van der Waals surface area contributed by atoms with E-state index in [0.717, 1.165) is 0 Å². The highest BCUT2D eigenvalue weighted by atomic mass is 19.4. The number of benzene rings is 1. The fourth-order valence-electron chi connectivity index (χ4n) is 1.88. The smallest absolute Gasteiger partial charge is 0.398 e. The van der Waals surface area contributed by atoms with Gasteiger partial charge in [0.1, 0.15) is 11.7 Å². The van der Waals surface area contributed by atoms with Crippen LogP contribution in [0.2, 0.25) is 0 Å². The zero-order valence-corrected chi connectivity index (χ0v) is 9.71. The van der Waals surface area contributed by atoms with Crippen molar-refractivity contribution in [1.82, 2.24) is 4.98 Å². The van der Waals surface area contributed by atoms with Crippen molar-refractivity contribution in [2.24, 2.45) is 5.73 Å². The molecule has 0 saturated heterocycles. The maximum Gasteiger partial charge on any atom is 0.398 e. The lowest BCUT2D eigenvalue weighted by atomic mass is 10.1. The number of hydrogen-bond acceptors (Lipinski definition) is 2. The van der Waals surface area contributed by atoms with E-state index < -0.39 is 18.6 Å². The van der Waals surface area contributed by atoms with E-state index in [1.54, 1.807) is 18.2 Å². The Morgan fingerprint density at radius 1 is 1.33 bits per heavy atom. The van der Waals surface area contributed by atoms with Crippen molar-refractivity contribution in [1.29, 1.82) is 0 Å². The fraction of sp³-hybridized carbons (Fsp3) is 0.333. The van der Waals surface area contributed by atoms with Gasteiger partial charge in [-0.25, -0.2) is 0 Å². The fourth-order valence-corrected chi connectivity index (χ4v) is 1.88. The van der Waals surface area contributed by atoms with E-state index in [1.807, 2.05) is 0 Å². The Hall–Kier alpha value is -1.69. The van der Waals surface area contributed by atoms with E-state index in [4.69, 9.17) is 10.5 Å². The minimum atomic E-state index is -4.35.